The van der Waals surface area contributed by atoms with Gasteiger partial charge in [0.2, 0.25) is 0 Å². The second-order valence-corrected chi connectivity index (χ2v) is 9.94. The zero-order valence-electron chi connectivity index (χ0n) is 16.0. The van der Waals surface area contributed by atoms with Crippen molar-refractivity contribution >= 4 is 42.1 Å². The fourth-order valence-corrected chi connectivity index (χ4v) is 7.25. The molecular weight excluding hydrogens is 569 g/mol. The molecule has 147 valence electrons. The van der Waals surface area contributed by atoms with Crippen molar-refractivity contribution in [1.29, 1.82) is 0 Å². The van der Waals surface area contributed by atoms with Gasteiger partial charge in [-0.25, -0.2) is 0 Å². The number of carbonyl (C=O) groups excluding carboxylic acids is 1. The Balaban J connectivity index is 0.00000225. The summed E-state index contributed by atoms with van der Waals surface area (Å²) in [6.07, 6.45) is 1.24. The topological polar surface area (TPSA) is 71.4 Å². The second kappa shape index (κ2) is 7.00. The molecule has 2 aliphatic carbocycles. The summed E-state index contributed by atoms with van der Waals surface area (Å²) in [5.41, 5.74) is -0.732. The Bertz CT molecular complexity index is 946. The molecular formula is C22H24BiO4S. The molecule has 2 aromatic carbocycles. The predicted octanol–water partition coefficient (Wildman–Crippen LogP) is 3.49. The van der Waals surface area contributed by atoms with Crippen LogP contribution in [0, 0.1) is 16.7 Å². The molecule has 2 bridgehead atoms. The molecule has 4 rings (SSSR count). The Labute approximate surface area is 185 Å². The fourth-order valence-electron chi connectivity index (χ4n) is 5.98. The monoisotopic (exact) mass is 593 g/mol. The molecule has 0 aromatic heterocycles. The van der Waals surface area contributed by atoms with Crippen molar-refractivity contribution in [3.8, 4) is 0 Å². The van der Waals surface area contributed by atoms with Crippen LogP contribution in [-0.4, -0.2) is 50.7 Å². The quantitative estimate of drug-likeness (QED) is 0.436. The van der Waals surface area contributed by atoms with E-state index in [0.29, 0.717) is 6.42 Å². The molecule has 2 aliphatic rings. The third-order valence-corrected chi connectivity index (χ3v) is 8.02. The second-order valence-electron chi connectivity index (χ2n) is 8.49. The van der Waals surface area contributed by atoms with Crippen molar-refractivity contribution in [2.45, 2.75) is 32.1 Å². The first-order valence-electron chi connectivity index (χ1n) is 9.27. The van der Waals surface area contributed by atoms with Crippen molar-refractivity contribution < 1.29 is 17.8 Å². The first-order valence-corrected chi connectivity index (χ1v) is 10.9. The maximum atomic E-state index is 14.1. The maximum absolute atomic E-state index is 14.1. The van der Waals surface area contributed by atoms with E-state index in [0.717, 1.165) is 17.5 Å². The van der Waals surface area contributed by atoms with Gasteiger partial charge >= 0.3 is 0 Å². The molecule has 3 radical (unpaired) electrons. The van der Waals surface area contributed by atoms with Crippen molar-refractivity contribution in [2.75, 3.05) is 5.75 Å². The molecule has 1 N–H and O–H groups in total. The molecule has 6 heteroatoms. The van der Waals surface area contributed by atoms with Crippen LogP contribution < -0.4 is 0 Å². The summed E-state index contributed by atoms with van der Waals surface area (Å²) in [6, 6.07) is 19.3. The molecule has 2 aromatic rings. The van der Waals surface area contributed by atoms with E-state index in [2.05, 4.69) is 0 Å². The molecule has 0 aliphatic heterocycles. The molecule has 0 heterocycles. The van der Waals surface area contributed by atoms with Crippen LogP contribution in [0.15, 0.2) is 60.7 Å². The van der Waals surface area contributed by atoms with E-state index in [1.165, 1.54) is 0 Å². The predicted molar refractivity (Wildman–Crippen MR) is 110 cm³/mol. The number of Topliss-reactive ketones (excluding diaryl/α,β-unsaturated/α-hetero) is 1. The van der Waals surface area contributed by atoms with Crippen LogP contribution in [0.2, 0.25) is 0 Å². The van der Waals surface area contributed by atoms with Crippen molar-refractivity contribution in [2.24, 2.45) is 16.7 Å². The number of carbonyl (C=O) groups is 1. The van der Waals surface area contributed by atoms with Crippen LogP contribution in [0.3, 0.4) is 0 Å². The van der Waals surface area contributed by atoms with Gasteiger partial charge in [0, 0.05) is 26.2 Å². The van der Waals surface area contributed by atoms with E-state index < -0.39 is 32.1 Å². The smallest absolute Gasteiger partial charge is 0.265 e. The summed E-state index contributed by atoms with van der Waals surface area (Å²) in [5, 5.41) is 0. The molecule has 2 fully saturated rings. The molecule has 0 spiro atoms. The van der Waals surface area contributed by atoms with E-state index in [1.54, 1.807) is 0 Å². The van der Waals surface area contributed by atoms with Crippen molar-refractivity contribution in [1.82, 2.24) is 0 Å². The molecule has 4 nitrogen and oxygen atoms in total. The summed E-state index contributed by atoms with van der Waals surface area (Å²) >= 11 is 0. The van der Waals surface area contributed by atoms with E-state index in [-0.39, 0.29) is 37.9 Å². The zero-order chi connectivity index (χ0) is 19.5. The summed E-state index contributed by atoms with van der Waals surface area (Å²) in [6.45, 7) is 3.97. The number of rotatable bonds is 4. The number of benzene rings is 2. The average molecular weight is 593 g/mol. The summed E-state index contributed by atoms with van der Waals surface area (Å²) in [4.78, 5) is 14.1. The summed E-state index contributed by atoms with van der Waals surface area (Å²) in [5.74, 6) is -0.626. The van der Waals surface area contributed by atoms with E-state index in [4.69, 9.17) is 0 Å². The van der Waals surface area contributed by atoms with Crippen LogP contribution in [0.4, 0.5) is 0 Å². The minimum absolute atomic E-state index is 0. The van der Waals surface area contributed by atoms with E-state index in [9.17, 15) is 17.8 Å². The number of ketones is 1. The summed E-state index contributed by atoms with van der Waals surface area (Å²) in [7, 11) is -4.29. The van der Waals surface area contributed by atoms with Gasteiger partial charge in [-0.2, -0.15) is 8.42 Å². The zero-order valence-corrected chi connectivity index (χ0v) is 20.3. The van der Waals surface area contributed by atoms with Crippen LogP contribution in [0.25, 0.3) is 0 Å². The number of hydrogen-bond donors (Lipinski definition) is 1. The summed E-state index contributed by atoms with van der Waals surface area (Å²) < 4.78 is 33.5. The van der Waals surface area contributed by atoms with Gasteiger partial charge in [0.1, 0.15) is 0 Å². The van der Waals surface area contributed by atoms with Gasteiger partial charge in [0.15, 0.2) is 5.78 Å². The van der Waals surface area contributed by atoms with Gasteiger partial charge in [-0.15, -0.1) is 0 Å². The van der Waals surface area contributed by atoms with Gasteiger partial charge < -0.3 is 0 Å². The largest absolute Gasteiger partial charge is 0.298 e. The normalized spacial score (nSPS) is 27.4. The van der Waals surface area contributed by atoms with Crippen LogP contribution >= 0.6 is 0 Å². The van der Waals surface area contributed by atoms with E-state index in [1.807, 2.05) is 74.5 Å². The Morgan fingerprint density at radius 3 is 1.86 bits per heavy atom. The van der Waals surface area contributed by atoms with Gasteiger partial charge in [-0.1, -0.05) is 74.5 Å². The SMILES string of the molecule is CC1(C)C2CCC1(CS(=O)(=O)O)C(=O)C2(c1ccccc1)c1ccccc1.[Bi]. The third kappa shape index (κ3) is 2.75. The first kappa shape index (κ1) is 21.6. The van der Waals surface area contributed by atoms with Gasteiger partial charge in [-0.05, 0) is 35.3 Å². The van der Waals surface area contributed by atoms with Gasteiger partial charge in [-0.3, -0.25) is 9.35 Å². The van der Waals surface area contributed by atoms with Crippen molar-refractivity contribution in [3.05, 3.63) is 71.8 Å². The van der Waals surface area contributed by atoms with Crippen molar-refractivity contribution in [3.63, 3.8) is 0 Å². The number of fused-ring (bicyclic) bond motifs is 2. The Kier molecular flexibility index (Phi) is 5.40. The standard InChI is InChI=1S/C22H24O4S.Bi/c1-20(2)18-13-14-21(20,15-27(24,25)26)19(23)22(18,16-9-5-3-6-10-16)17-11-7-4-8-12-17;/h3-12,18H,13-15H2,1-2H3,(H,24,25,26);. The number of hydrogen-bond acceptors (Lipinski definition) is 3. The molecule has 2 saturated carbocycles. The van der Waals surface area contributed by atoms with Gasteiger partial charge in [0.25, 0.3) is 10.1 Å². The third-order valence-electron chi connectivity index (χ3n) is 7.17. The molecule has 0 saturated heterocycles. The minimum atomic E-state index is -4.29. The Morgan fingerprint density at radius 1 is 0.964 bits per heavy atom. The van der Waals surface area contributed by atoms with Crippen LogP contribution in [0.5, 0.6) is 0 Å². The van der Waals surface area contributed by atoms with Crippen LogP contribution in [-0.2, 0) is 20.3 Å². The average Bonchev–Trinajstić information content (AvgIpc) is 2.95. The van der Waals surface area contributed by atoms with Crippen LogP contribution in [0.1, 0.15) is 37.8 Å². The van der Waals surface area contributed by atoms with Gasteiger partial charge in [0.05, 0.1) is 16.6 Å². The van der Waals surface area contributed by atoms with E-state index >= 15 is 0 Å². The maximum Gasteiger partial charge on any atom is 0.265 e. The molecule has 2 unspecified atom stereocenters. The molecule has 2 atom stereocenters. The minimum Gasteiger partial charge on any atom is -0.298 e. The molecule has 0 amide bonds. The Hall–Kier alpha value is -1.10. The molecule has 28 heavy (non-hydrogen) atoms. The fraction of sp³-hybridized carbons (Fsp3) is 0.409. The first-order chi connectivity index (χ1) is 12.7. The Morgan fingerprint density at radius 2 is 1.43 bits per heavy atom.